The Labute approximate surface area is 136 Å². The fraction of sp³-hybridized carbons (Fsp3) is 0.562. The molecule has 1 atom stereocenters. The molecule has 1 heterocycles. The van der Waals surface area contributed by atoms with Gasteiger partial charge in [-0.05, 0) is 57.7 Å². The maximum atomic E-state index is 12.2. The van der Waals surface area contributed by atoms with E-state index in [1.165, 1.54) is 0 Å². The first kappa shape index (κ1) is 16.4. The molecule has 1 amide bonds. The van der Waals surface area contributed by atoms with E-state index in [0.29, 0.717) is 10.0 Å². The Bertz CT molecular complexity index is 525. The van der Waals surface area contributed by atoms with Crippen LogP contribution in [-0.2, 0) is 11.2 Å². The number of amides is 1. The van der Waals surface area contributed by atoms with Gasteiger partial charge in [0.2, 0.25) is 0 Å². The number of ether oxygens (including phenoxy) is 1. The van der Waals surface area contributed by atoms with Crippen LogP contribution in [0.5, 0.6) is 0 Å². The van der Waals surface area contributed by atoms with Crippen LogP contribution in [0.1, 0.15) is 39.2 Å². The summed E-state index contributed by atoms with van der Waals surface area (Å²) in [5.41, 5.74) is 0.623. The number of hydrogen-bond donors (Lipinski definition) is 0. The topological polar surface area (TPSA) is 29.5 Å². The molecule has 0 N–H and O–H groups in total. The average Bonchev–Trinajstić information content (AvgIpc) is 2.80. The lowest BCUT2D eigenvalue weighted by molar-refractivity contribution is 0.0227. The summed E-state index contributed by atoms with van der Waals surface area (Å²) in [7, 11) is 0. The summed E-state index contributed by atoms with van der Waals surface area (Å²) >= 11 is 12.0. The van der Waals surface area contributed by atoms with Gasteiger partial charge in [0.25, 0.3) is 0 Å². The molecule has 3 nitrogen and oxygen atoms in total. The van der Waals surface area contributed by atoms with Crippen molar-refractivity contribution in [3.8, 4) is 0 Å². The number of hydrogen-bond acceptors (Lipinski definition) is 2. The van der Waals surface area contributed by atoms with E-state index >= 15 is 0 Å². The zero-order chi connectivity index (χ0) is 15.6. The first-order chi connectivity index (χ1) is 9.76. The van der Waals surface area contributed by atoms with Gasteiger partial charge in [-0.1, -0.05) is 29.3 Å². The van der Waals surface area contributed by atoms with Gasteiger partial charge in [0.1, 0.15) is 5.60 Å². The molecule has 116 valence electrons. The minimum absolute atomic E-state index is 0.164. The molecule has 5 heteroatoms. The van der Waals surface area contributed by atoms with Crippen LogP contribution >= 0.6 is 23.2 Å². The first-order valence-electron chi connectivity index (χ1n) is 7.20. The lowest BCUT2D eigenvalue weighted by Crippen LogP contribution is -2.40. The van der Waals surface area contributed by atoms with Crippen molar-refractivity contribution in [2.45, 2.75) is 51.7 Å². The van der Waals surface area contributed by atoms with Gasteiger partial charge < -0.3 is 9.64 Å². The number of likely N-dealkylation sites (tertiary alicyclic amines) is 1. The van der Waals surface area contributed by atoms with Crippen molar-refractivity contribution in [2.24, 2.45) is 0 Å². The maximum Gasteiger partial charge on any atom is 0.410 e. The molecule has 1 fully saturated rings. The molecular formula is C16H21Cl2NO2. The zero-order valence-corrected chi connectivity index (χ0v) is 14.2. The van der Waals surface area contributed by atoms with Crippen molar-refractivity contribution in [1.82, 2.24) is 4.90 Å². The molecular weight excluding hydrogens is 309 g/mol. The second-order valence-electron chi connectivity index (χ2n) is 6.42. The van der Waals surface area contributed by atoms with Crippen molar-refractivity contribution in [3.63, 3.8) is 0 Å². The van der Waals surface area contributed by atoms with E-state index in [2.05, 4.69) is 0 Å². The molecule has 1 aliphatic rings. The van der Waals surface area contributed by atoms with Crippen LogP contribution in [0.3, 0.4) is 0 Å². The molecule has 2 rings (SSSR count). The molecule has 0 unspecified atom stereocenters. The van der Waals surface area contributed by atoms with Crippen molar-refractivity contribution in [2.75, 3.05) is 6.54 Å². The normalized spacial score (nSPS) is 18.9. The van der Waals surface area contributed by atoms with Crippen molar-refractivity contribution < 1.29 is 9.53 Å². The van der Waals surface area contributed by atoms with E-state index in [-0.39, 0.29) is 12.1 Å². The van der Waals surface area contributed by atoms with Crippen LogP contribution in [0.4, 0.5) is 4.79 Å². The van der Waals surface area contributed by atoms with Crippen LogP contribution in [0, 0.1) is 0 Å². The molecule has 0 bridgehead atoms. The number of carbonyl (C=O) groups is 1. The summed E-state index contributed by atoms with van der Waals surface area (Å²) in [4.78, 5) is 14.1. The van der Waals surface area contributed by atoms with E-state index in [9.17, 15) is 4.79 Å². The molecule has 1 aromatic carbocycles. The molecule has 1 aliphatic heterocycles. The number of benzene rings is 1. The average molecular weight is 330 g/mol. The Morgan fingerprint density at radius 1 is 1.33 bits per heavy atom. The predicted octanol–water partition coefficient (Wildman–Crippen LogP) is 4.94. The first-order valence-corrected chi connectivity index (χ1v) is 7.95. The Morgan fingerprint density at radius 3 is 2.67 bits per heavy atom. The fourth-order valence-electron chi connectivity index (χ4n) is 2.55. The van der Waals surface area contributed by atoms with Gasteiger partial charge in [-0.25, -0.2) is 4.79 Å². The van der Waals surface area contributed by atoms with E-state index in [1.54, 1.807) is 6.07 Å². The third-order valence-corrected chi connectivity index (χ3v) is 4.20. The summed E-state index contributed by atoms with van der Waals surface area (Å²) in [6.07, 6.45) is 2.53. The van der Waals surface area contributed by atoms with Gasteiger partial charge in [0.05, 0.1) is 10.0 Å². The summed E-state index contributed by atoms with van der Waals surface area (Å²) in [6, 6.07) is 5.79. The Kier molecular flexibility index (Phi) is 5.05. The Balaban J connectivity index is 2.05. The minimum atomic E-state index is -0.464. The van der Waals surface area contributed by atoms with Crippen LogP contribution in [0.2, 0.25) is 10.0 Å². The van der Waals surface area contributed by atoms with E-state index in [4.69, 9.17) is 27.9 Å². The van der Waals surface area contributed by atoms with E-state index in [0.717, 1.165) is 31.4 Å². The smallest absolute Gasteiger partial charge is 0.410 e. The van der Waals surface area contributed by atoms with Gasteiger partial charge in [-0.2, -0.15) is 0 Å². The number of halogens is 2. The summed E-state index contributed by atoms with van der Waals surface area (Å²) in [5, 5.41) is 1.10. The van der Waals surface area contributed by atoms with E-state index < -0.39 is 5.60 Å². The molecule has 0 aliphatic carbocycles. The molecule has 1 aromatic rings. The second-order valence-corrected chi connectivity index (χ2v) is 7.24. The maximum absolute atomic E-state index is 12.2. The number of carbonyl (C=O) groups excluding carboxylic acids is 1. The fourth-order valence-corrected chi connectivity index (χ4v) is 2.87. The molecule has 0 aromatic heterocycles. The van der Waals surface area contributed by atoms with Gasteiger partial charge in [0, 0.05) is 12.6 Å². The van der Waals surface area contributed by atoms with Crippen molar-refractivity contribution in [1.29, 1.82) is 0 Å². The molecule has 1 saturated heterocycles. The Hall–Kier alpha value is -0.930. The molecule has 21 heavy (non-hydrogen) atoms. The highest BCUT2D eigenvalue weighted by Crippen LogP contribution is 2.27. The largest absolute Gasteiger partial charge is 0.444 e. The summed E-state index contributed by atoms with van der Waals surface area (Å²) in [5.74, 6) is 0. The SMILES string of the molecule is CC(C)(C)OC(=O)N1CCC[C@H]1Cc1ccc(Cl)c(Cl)c1. The summed E-state index contributed by atoms with van der Waals surface area (Å²) in [6.45, 7) is 6.40. The van der Waals surface area contributed by atoms with Crippen molar-refractivity contribution in [3.05, 3.63) is 33.8 Å². The van der Waals surface area contributed by atoms with Crippen LogP contribution in [0.25, 0.3) is 0 Å². The number of rotatable bonds is 2. The summed E-state index contributed by atoms with van der Waals surface area (Å²) < 4.78 is 5.47. The lowest BCUT2D eigenvalue weighted by Gasteiger charge is -2.28. The zero-order valence-electron chi connectivity index (χ0n) is 12.7. The minimum Gasteiger partial charge on any atom is -0.444 e. The van der Waals surface area contributed by atoms with Crippen LogP contribution in [-0.4, -0.2) is 29.2 Å². The van der Waals surface area contributed by atoms with Gasteiger partial charge in [0.15, 0.2) is 0 Å². The van der Waals surface area contributed by atoms with Gasteiger partial charge in [-0.15, -0.1) is 0 Å². The van der Waals surface area contributed by atoms with Crippen LogP contribution in [0.15, 0.2) is 18.2 Å². The van der Waals surface area contributed by atoms with Gasteiger partial charge in [-0.3, -0.25) is 0 Å². The third kappa shape index (κ3) is 4.52. The number of nitrogens with zero attached hydrogens (tertiary/aromatic N) is 1. The van der Waals surface area contributed by atoms with E-state index in [1.807, 2.05) is 37.8 Å². The standard InChI is InChI=1S/C16H21Cl2NO2/c1-16(2,3)21-15(20)19-8-4-5-12(19)9-11-6-7-13(17)14(18)10-11/h6-7,10,12H,4-5,8-9H2,1-3H3/t12-/m0/s1. The molecule has 0 spiro atoms. The molecule has 0 saturated carbocycles. The highest BCUT2D eigenvalue weighted by atomic mass is 35.5. The highest BCUT2D eigenvalue weighted by Gasteiger charge is 2.32. The third-order valence-electron chi connectivity index (χ3n) is 3.46. The Morgan fingerprint density at radius 2 is 2.05 bits per heavy atom. The predicted molar refractivity (Wildman–Crippen MR) is 86.1 cm³/mol. The van der Waals surface area contributed by atoms with Gasteiger partial charge >= 0.3 is 6.09 Å². The lowest BCUT2D eigenvalue weighted by atomic mass is 10.0. The molecule has 0 radical (unpaired) electrons. The van der Waals surface area contributed by atoms with Crippen molar-refractivity contribution >= 4 is 29.3 Å². The van der Waals surface area contributed by atoms with Crippen LogP contribution < -0.4 is 0 Å². The second kappa shape index (κ2) is 6.45. The monoisotopic (exact) mass is 329 g/mol. The quantitative estimate of drug-likeness (QED) is 0.769. The highest BCUT2D eigenvalue weighted by molar-refractivity contribution is 6.42.